The Morgan fingerprint density at radius 1 is 0.808 bits per heavy atom. The van der Waals surface area contributed by atoms with Crippen molar-refractivity contribution in [3.8, 4) is 5.75 Å². The third kappa shape index (κ3) is 4.79. The fraction of sp³-hybridized carbons (Fsp3) is 0.455. The van der Waals surface area contributed by atoms with E-state index in [9.17, 15) is 10.3 Å². The molecule has 0 amide bonds. The van der Waals surface area contributed by atoms with Gasteiger partial charge in [0.15, 0.2) is 0 Å². The number of aromatic hydroxyl groups is 1. The molecule has 26 heavy (non-hydrogen) atoms. The van der Waals surface area contributed by atoms with Gasteiger partial charge in [0, 0.05) is 7.05 Å². The fourth-order valence-corrected chi connectivity index (χ4v) is 3.22. The normalized spacial score (nSPS) is 13.4. The van der Waals surface area contributed by atoms with E-state index in [2.05, 4.69) is 41.5 Å². The van der Waals surface area contributed by atoms with E-state index in [1.165, 1.54) is 5.06 Å². The average Bonchev–Trinajstić information content (AvgIpc) is 2.47. The van der Waals surface area contributed by atoms with E-state index < -0.39 is 0 Å². The van der Waals surface area contributed by atoms with Gasteiger partial charge < -0.3 is 10.3 Å². The molecule has 0 aliphatic heterocycles. The van der Waals surface area contributed by atoms with E-state index in [0.717, 1.165) is 22.3 Å². The van der Waals surface area contributed by atoms with Crippen LogP contribution in [0.25, 0.3) is 0 Å². The molecule has 0 radical (unpaired) electrons. The van der Waals surface area contributed by atoms with Crippen molar-refractivity contribution >= 4 is 12.4 Å². The molecule has 0 fully saturated rings. The van der Waals surface area contributed by atoms with Gasteiger partial charge in [-0.1, -0.05) is 71.9 Å². The summed E-state index contributed by atoms with van der Waals surface area (Å²) < 4.78 is 0. The largest absolute Gasteiger partial charge is 0.507 e. The number of phenolic OH excluding ortho intramolecular Hbond substituents is 1. The first-order valence-electron chi connectivity index (χ1n) is 8.77. The zero-order valence-electron chi connectivity index (χ0n) is 16.9. The van der Waals surface area contributed by atoms with Crippen LogP contribution in [0.15, 0.2) is 42.5 Å². The van der Waals surface area contributed by atoms with Crippen LogP contribution in [0.1, 0.15) is 69.8 Å². The first kappa shape index (κ1) is 22.5. The molecule has 0 saturated heterocycles. The Morgan fingerprint density at radius 2 is 1.23 bits per heavy atom. The van der Waals surface area contributed by atoms with Gasteiger partial charge in [0.2, 0.25) is 0 Å². The van der Waals surface area contributed by atoms with Crippen LogP contribution in [0, 0.1) is 0 Å². The second-order valence-electron chi connectivity index (χ2n) is 8.85. The van der Waals surface area contributed by atoms with Crippen molar-refractivity contribution in [2.75, 3.05) is 7.05 Å². The molecule has 0 aromatic heterocycles. The van der Waals surface area contributed by atoms with Crippen molar-refractivity contribution < 1.29 is 10.3 Å². The van der Waals surface area contributed by atoms with Crippen LogP contribution in [-0.2, 0) is 10.8 Å². The molecule has 144 valence electrons. The molecule has 2 N–H and O–H groups in total. The molecule has 0 bridgehead atoms. The molecular formula is C22H32ClNO2. The zero-order chi connectivity index (χ0) is 19.0. The Morgan fingerprint density at radius 3 is 1.58 bits per heavy atom. The Kier molecular flexibility index (Phi) is 6.92. The lowest BCUT2D eigenvalue weighted by atomic mass is 9.77. The van der Waals surface area contributed by atoms with Gasteiger partial charge in [-0.2, -0.15) is 5.06 Å². The van der Waals surface area contributed by atoms with Crippen molar-refractivity contribution in [1.29, 1.82) is 0 Å². The Bertz CT molecular complexity index is 693. The molecule has 0 aliphatic rings. The summed E-state index contributed by atoms with van der Waals surface area (Å²) in [5, 5.41) is 22.5. The smallest absolute Gasteiger partial charge is 0.123 e. The Labute approximate surface area is 164 Å². The van der Waals surface area contributed by atoms with Crippen molar-refractivity contribution in [3.05, 3.63) is 64.7 Å². The van der Waals surface area contributed by atoms with E-state index >= 15 is 0 Å². The second-order valence-corrected chi connectivity index (χ2v) is 8.85. The standard InChI is InChI=1S/C22H31NO2.ClH/c1-21(2,3)17-13-16(14-18(20(17)24)22(4,5)6)19(23(7)25)15-11-9-8-10-12-15;/h8-14,19,24-25H,1-7H3;1H. The van der Waals surface area contributed by atoms with Gasteiger partial charge in [-0.05, 0) is 45.2 Å². The second kappa shape index (κ2) is 7.99. The third-order valence-corrected chi connectivity index (χ3v) is 4.55. The highest BCUT2D eigenvalue weighted by atomic mass is 35.5. The number of hydroxylamine groups is 2. The summed E-state index contributed by atoms with van der Waals surface area (Å²) in [6.07, 6.45) is 0. The number of benzene rings is 2. The topological polar surface area (TPSA) is 43.7 Å². The Hall–Kier alpha value is -1.55. The lowest BCUT2D eigenvalue weighted by Gasteiger charge is -2.31. The van der Waals surface area contributed by atoms with Crippen molar-refractivity contribution in [1.82, 2.24) is 5.06 Å². The van der Waals surface area contributed by atoms with Crippen molar-refractivity contribution in [2.24, 2.45) is 0 Å². The monoisotopic (exact) mass is 377 g/mol. The van der Waals surface area contributed by atoms with E-state index in [-0.39, 0.29) is 29.3 Å². The third-order valence-electron chi connectivity index (χ3n) is 4.55. The predicted molar refractivity (Wildman–Crippen MR) is 111 cm³/mol. The molecule has 0 heterocycles. The van der Waals surface area contributed by atoms with Crippen LogP contribution in [-0.4, -0.2) is 22.4 Å². The van der Waals surface area contributed by atoms with Crippen LogP contribution in [0.2, 0.25) is 0 Å². The van der Waals surface area contributed by atoms with E-state index in [4.69, 9.17) is 0 Å². The molecule has 2 rings (SSSR count). The van der Waals surface area contributed by atoms with Gasteiger partial charge in [0.1, 0.15) is 5.75 Å². The summed E-state index contributed by atoms with van der Waals surface area (Å²) in [5.74, 6) is 0.358. The summed E-state index contributed by atoms with van der Waals surface area (Å²) in [6, 6.07) is 13.7. The molecule has 4 heteroatoms. The minimum atomic E-state index is -0.288. The average molecular weight is 378 g/mol. The fourth-order valence-electron chi connectivity index (χ4n) is 3.22. The van der Waals surface area contributed by atoms with Crippen LogP contribution in [0.3, 0.4) is 0 Å². The molecule has 0 spiro atoms. The number of phenols is 1. The van der Waals surface area contributed by atoms with Gasteiger partial charge in [0.05, 0.1) is 6.04 Å². The minimum absolute atomic E-state index is 0. The molecule has 3 nitrogen and oxygen atoms in total. The van der Waals surface area contributed by atoms with Gasteiger partial charge >= 0.3 is 0 Å². The summed E-state index contributed by atoms with van der Waals surface area (Å²) in [6.45, 7) is 12.6. The highest BCUT2D eigenvalue weighted by molar-refractivity contribution is 5.85. The van der Waals surface area contributed by atoms with E-state index in [1.807, 2.05) is 42.5 Å². The molecule has 1 unspecified atom stereocenters. The number of hydrogen-bond donors (Lipinski definition) is 2. The lowest BCUT2D eigenvalue weighted by molar-refractivity contribution is -0.0916. The maximum Gasteiger partial charge on any atom is 0.123 e. The van der Waals surface area contributed by atoms with Crippen molar-refractivity contribution in [2.45, 2.75) is 58.4 Å². The van der Waals surface area contributed by atoms with Crippen molar-refractivity contribution in [3.63, 3.8) is 0 Å². The van der Waals surface area contributed by atoms with Crippen LogP contribution >= 0.6 is 12.4 Å². The molecule has 0 aliphatic carbocycles. The van der Waals surface area contributed by atoms with Crippen LogP contribution in [0.5, 0.6) is 5.75 Å². The predicted octanol–water partition coefficient (Wildman–Crippen LogP) is 5.82. The number of nitrogens with zero attached hydrogens (tertiary/aromatic N) is 1. The lowest BCUT2D eigenvalue weighted by Crippen LogP contribution is -2.24. The minimum Gasteiger partial charge on any atom is -0.507 e. The number of hydrogen-bond acceptors (Lipinski definition) is 3. The van der Waals surface area contributed by atoms with Gasteiger partial charge in [-0.3, -0.25) is 0 Å². The summed E-state index contributed by atoms with van der Waals surface area (Å²) >= 11 is 0. The van der Waals surface area contributed by atoms with E-state index in [0.29, 0.717) is 5.75 Å². The van der Waals surface area contributed by atoms with Crippen LogP contribution < -0.4 is 0 Å². The first-order chi connectivity index (χ1) is 11.4. The van der Waals surface area contributed by atoms with Crippen LogP contribution in [0.4, 0.5) is 0 Å². The first-order valence-corrected chi connectivity index (χ1v) is 8.77. The highest BCUT2D eigenvalue weighted by Gasteiger charge is 2.29. The maximum absolute atomic E-state index is 10.9. The summed E-state index contributed by atoms with van der Waals surface area (Å²) in [5.41, 5.74) is 3.39. The molecule has 1 atom stereocenters. The number of rotatable bonds is 3. The molecular weight excluding hydrogens is 346 g/mol. The van der Waals surface area contributed by atoms with E-state index in [1.54, 1.807) is 7.05 Å². The summed E-state index contributed by atoms with van der Waals surface area (Å²) in [4.78, 5) is 0. The molecule has 2 aromatic rings. The SMILES string of the molecule is CN(O)C(c1ccccc1)c1cc(C(C)(C)C)c(O)c(C(C)(C)C)c1.Cl. The van der Waals surface area contributed by atoms with Gasteiger partial charge in [-0.15, -0.1) is 12.4 Å². The molecule has 0 saturated carbocycles. The quantitative estimate of drug-likeness (QED) is 0.662. The highest BCUT2D eigenvalue weighted by Crippen LogP contribution is 2.42. The molecule has 2 aromatic carbocycles. The zero-order valence-corrected chi connectivity index (χ0v) is 17.7. The van der Waals surface area contributed by atoms with Gasteiger partial charge in [-0.25, -0.2) is 0 Å². The summed E-state index contributed by atoms with van der Waals surface area (Å²) in [7, 11) is 1.66. The Balaban J connectivity index is 0.00000338. The number of halogens is 1. The maximum atomic E-state index is 10.9. The van der Waals surface area contributed by atoms with Gasteiger partial charge in [0.25, 0.3) is 0 Å².